The summed E-state index contributed by atoms with van der Waals surface area (Å²) in [4.78, 5) is 20.3. The van der Waals surface area contributed by atoms with Crippen molar-refractivity contribution in [3.05, 3.63) is 51.3 Å². The molecule has 2 rings (SSSR count). The molecule has 6 heteroatoms. The zero-order valence-corrected chi connectivity index (χ0v) is 12.5. The van der Waals surface area contributed by atoms with Crippen LogP contribution in [0.5, 0.6) is 0 Å². The molecule has 2 aromatic heterocycles. The Hall–Kier alpha value is -1.46. The number of hydrogen-bond acceptors (Lipinski definition) is 3. The third kappa shape index (κ3) is 3.52. The first-order valence-electron chi connectivity index (χ1n) is 5.68. The summed E-state index contributed by atoms with van der Waals surface area (Å²) in [6, 6.07) is 6.84. The van der Waals surface area contributed by atoms with E-state index in [0.717, 1.165) is 10.2 Å². The number of anilines is 1. The smallest absolute Gasteiger partial charge is 0.257 e. The van der Waals surface area contributed by atoms with Crippen LogP contribution in [0, 0.1) is 0 Å². The van der Waals surface area contributed by atoms with E-state index in [-0.39, 0.29) is 5.91 Å². The summed E-state index contributed by atoms with van der Waals surface area (Å²) in [7, 11) is 0. The largest absolute Gasteiger partial charge is 0.306 e. The molecule has 1 N–H and O–H groups in total. The van der Waals surface area contributed by atoms with E-state index in [0.29, 0.717) is 23.0 Å². The van der Waals surface area contributed by atoms with Gasteiger partial charge in [-0.3, -0.25) is 4.79 Å². The molecule has 4 nitrogen and oxygen atoms in total. The number of nitrogens with zero attached hydrogens (tertiary/aromatic N) is 2. The van der Waals surface area contributed by atoms with Crippen molar-refractivity contribution in [3.8, 4) is 0 Å². The Labute approximate surface area is 124 Å². The highest BCUT2D eigenvalue weighted by molar-refractivity contribution is 9.10. The molecular formula is C13H11BrClN3O. The number of hydrogen-bond donors (Lipinski definition) is 1. The van der Waals surface area contributed by atoms with Crippen LogP contribution in [0.25, 0.3) is 0 Å². The molecule has 0 fully saturated rings. The molecule has 0 bridgehead atoms. The number of rotatable bonds is 3. The molecule has 98 valence electrons. The van der Waals surface area contributed by atoms with Crippen molar-refractivity contribution in [2.45, 2.75) is 13.3 Å². The fourth-order valence-electron chi connectivity index (χ4n) is 1.52. The first-order valence-corrected chi connectivity index (χ1v) is 6.85. The van der Waals surface area contributed by atoms with Crippen LogP contribution >= 0.6 is 27.5 Å². The lowest BCUT2D eigenvalue weighted by Gasteiger charge is -2.07. The Morgan fingerprint density at radius 1 is 1.47 bits per heavy atom. The summed E-state index contributed by atoms with van der Waals surface area (Å²) < 4.78 is 0.721. The van der Waals surface area contributed by atoms with Crippen LogP contribution < -0.4 is 5.32 Å². The molecule has 19 heavy (non-hydrogen) atoms. The quantitative estimate of drug-likeness (QED) is 0.867. The molecule has 0 saturated carbocycles. The standard InChI is InChI=1S/C13H11BrClN3O/c1-2-9-6-8(7-11(15)17-9)13(19)18-12-10(14)4-3-5-16-12/h3-7H,2H2,1H3,(H,16,18,19). The van der Waals surface area contributed by atoms with Gasteiger partial charge in [0.2, 0.25) is 0 Å². The molecule has 0 atom stereocenters. The van der Waals surface area contributed by atoms with Crippen molar-refractivity contribution in [1.82, 2.24) is 9.97 Å². The first-order chi connectivity index (χ1) is 9.10. The van der Waals surface area contributed by atoms with Crippen molar-refractivity contribution in [2.75, 3.05) is 5.32 Å². The van der Waals surface area contributed by atoms with Gasteiger partial charge in [-0.15, -0.1) is 0 Å². The van der Waals surface area contributed by atoms with Gasteiger partial charge in [0.15, 0.2) is 0 Å². The van der Waals surface area contributed by atoms with Gasteiger partial charge < -0.3 is 5.32 Å². The average Bonchev–Trinajstić information content (AvgIpc) is 2.40. The highest BCUT2D eigenvalue weighted by atomic mass is 79.9. The van der Waals surface area contributed by atoms with Crippen LogP contribution in [0.1, 0.15) is 23.0 Å². The third-order valence-electron chi connectivity index (χ3n) is 2.46. The molecule has 0 spiro atoms. The highest BCUT2D eigenvalue weighted by Crippen LogP contribution is 2.20. The second kappa shape index (κ2) is 6.12. The summed E-state index contributed by atoms with van der Waals surface area (Å²) in [6.45, 7) is 1.95. The van der Waals surface area contributed by atoms with E-state index in [1.54, 1.807) is 24.4 Å². The predicted molar refractivity (Wildman–Crippen MR) is 78.5 cm³/mol. The van der Waals surface area contributed by atoms with E-state index >= 15 is 0 Å². The van der Waals surface area contributed by atoms with Crippen LogP contribution in [0.4, 0.5) is 5.82 Å². The van der Waals surface area contributed by atoms with Gasteiger partial charge in [-0.1, -0.05) is 18.5 Å². The van der Waals surface area contributed by atoms with Crippen molar-refractivity contribution in [3.63, 3.8) is 0 Å². The van der Waals surface area contributed by atoms with Gasteiger partial charge in [0, 0.05) is 17.5 Å². The monoisotopic (exact) mass is 339 g/mol. The molecule has 0 radical (unpaired) electrons. The predicted octanol–water partition coefficient (Wildman–Crippen LogP) is 3.71. The normalized spacial score (nSPS) is 10.3. The SMILES string of the molecule is CCc1cc(C(=O)Nc2ncccc2Br)cc(Cl)n1. The van der Waals surface area contributed by atoms with E-state index in [1.165, 1.54) is 6.07 Å². The highest BCUT2D eigenvalue weighted by Gasteiger charge is 2.11. The van der Waals surface area contributed by atoms with Crippen LogP contribution in [0.15, 0.2) is 34.9 Å². The number of aryl methyl sites for hydroxylation is 1. The second-order valence-corrected chi connectivity index (χ2v) is 5.05. The van der Waals surface area contributed by atoms with Crippen LogP contribution in [-0.2, 0) is 6.42 Å². The van der Waals surface area contributed by atoms with Gasteiger partial charge in [-0.05, 0) is 46.6 Å². The van der Waals surface area contributed by atoms with Gasteiger partial charge in [-0.25, -0.2) is 9.97 Å². The third-order valence-corrected chi connectivity index (χ3v) is 3.30. The zero-order chi connectivity index (χ0) is 13.8. The maximum Gasteiger partial charge on any atom is 0.257 e. The molecule has 0 aliphatic heterocycles. The van der Waals surface area contributed by atoms with Gasteiger partial charge in [0.1, 0.15) is 11.0 Å². The lowest BCUT2D eigenvalue weighted by atomic mass is 10.2. The average molecular weight is 341 g/mol. The topological polar surface area (TPSA) is 54.9 Å². The Morgan fingerprint density at radius 2 is 2.26 bits per heavy atom. The maximum atomic E-state index is 12.1. The van der Waals surface area contributed by atoms with Crippen molar-refractivity contribution in [1.29, 1.82) is 0 Å². The number of amides is 1. The fraction of sp³-hybridized carbons (Fsp3) is 0.154. The molecule has 0 aliphatic carbocycles. The number of carbonyl (C=O) groups excluding carboxylic acids is 1. The van der Waals surface area contributed by atoms with Gasteiger partial charge >= 0.3 is 0 Å². The molecular weight excluding hydrogens is 330 g/mol. The fourth-order valence-corrected chi connectivity index (χ4v) is 2.10. The molecule has 2 aromatic rings. The number of aromatic nitrogens is 2. The Kier molecular flexibility index (Phi) is 4.50. The van der Waals surface area contributed by atoms with E-state index in [4.69, 9.17) is 11.6 Å². The van der Waals surface area contributed by atoms with Crippen LogP contribution in [-0.4, -0.2) is 15.9 Å². The number of carbonyl (C=O) groups is 1. The zero-order valence-electron chi connectivity index (χ0n) is 10.2. The summed E-state index contributed by atoms with van der Waals surface area (Å²) in [5, 5.41) is 3.03. The lowest BCUT2D eigenvalue weighted by molar-refractivity contribution is 0.102. The molecule has 0 aliphatic rings. The van der Waals surface area contributed by atoms with Gasteiger partial charge in [-0.2, -0.15) is 0 Å². The summed E-state index contributed by atoms with van der Waals surface area (Å²) in [5.74, 6) is 0.205. The molecule has 0 saturated heterocycles. The number of halogens is 2. The van der Waals surface area contributed by atoms with E-state index in [1.807, 2.05) is 6.92 Å². The molecule has 1 amide bonds. The van der Waals surface area contributed by atoms with E-state index in [9.17, 15) is 4.79 Å². The Balaban J connectivity index is 2.25. The first kappa shape index (κ1) is 14.0. The summed E-state index contributed by atoms with van der Waals surface area (Å²) in [5.41, 5.74) is 1.24. The molecule has 0 aromatic carbocycles. The molecule has 2 heterocycles. The van der Waals surface area contributed by atoms with Crippen molar-refractivity contribution < 1.29 is 4.79 Å². The van der Waals surface area contributed by atoms with Crippen LogP contribution in [0.3, 0.4) is 0 Å². The van der Waals surface area contributed by atoms with Gasteiger partial charge in [0.25, 0.3) is 5.91 Å². The Morgan fingerprint density at radius 3 is 2.95 bits per heavy atom. The minimum absolute atomic E-state index is 0.265. The van der Waals surface area contributed by atoms with E-state index < -0.39 is 0 Å². The number of pyridine rings is 2. The minimum atomic E-state index is -0.265. The lowest BCUT2D eigenvalue weighted by Crippen LogP contribution is -2.14. The minimum Gasteiger partial charge on any atom is -0.306 e. The van der Waals surface area contributed by atoms with Gasteiger partial charge in [0.05, 0.1) is 4.47 Å². The Bertz CT molecular complexity index is 619. The second-order valence-electron chi connectivity index (χ2n) is 3.81. The summed E-state index contributed by atoms with van der Waals surface area (Å²) in [6.07, 6.45) is 2.32. The number of nitrogens with one attached hydrogen (secondary N) is 1. The van der Waals surface area contributed by atoms with Crippen molar-refractivity contribution in [2.24, 2.45) is 0 Å². The molecule has 0 unspecified atom stereocenters. The van der Waals surface area contributed by atoms with E-state index in [2.05, 4.69) is 31.2 Å². The van der Waals surface area contributed by atoms with Crippen molar-refractivity contribution >= 4 is 39.3 Å². The maximum absolute atomic E-state index is 12.1. The summed E-state index contributed by atoms with van der Waals surface area (Å²) >= 11 is 9.22. The van der Waals surface area contributed by atoms with Crippen LogP contribution in [0.2, 0.25) is 5.15 Å².